The zero-order valence-electron chi connectivity index (χ0n) is 58.9. The number of carbonyl (C=O) groups is 6. The number of rotatable bonds is 20. The molecule has 5 aliphatic heterocycles. The Bertz CT molecular complexity index is 4380. The third-order valence-corrected chi connectivity index (χ3v) is 19.7. The molecule has 0 saturated carbocycles. The average Bonchev–Trinajstić information content (AvgIpc) is 1.62. The number of aryl methyl sites for hydroxylation is 1. The van der Waals surface area contributed by atoms with Gasteiger partial charge in [0.2, 0.25) is 35.5 Å². The number of hydrogen-bond donors (Lipinski definition) is 4. The number of aromatic nitrogens is 8. The Morgan fingerprint density at radius 3 is 1.94 bits per heavy atom. The molecular formula is C78H90Cl2F4N14O6. The van der Waals surface area contributed by atoms with Gasteiger partial charge in [-0.25, -0.2) is 37.5 Å². The van der Waals surface area contributed by atoms with Crippen LogP contribution in [0.2, 0.25) is 10.0 Å². The molecule has 4 aromatic carbocycles. The normalized spacial score (nSPS) is 17.8. The van der Waals surface area contributed by atoms with Crippen LogP contribution in [0.25, 0.3) is 50.1 Å². The van der Waals surface area contributed by atoms with E-state index in [1.165, 1.54) is 109 Å². The molecule has 9 heterocycles. The number of unbranched alkanes of at least 4 members (excludes halogenated alkanes) is 7. The van der Waals surface area contributed by atoms with E-state index >= 15 is 4.39 Å². The quantitative estimate of drug-likeness (QED) is 0.0240. The minimum atomic E-state index is -1.43. The summed E-state index contributed by atoms with van der Waals surface area (Å²) in [6.45, 7) is 10.2. The third-order valence-electron chi connectivity index (χ3n) is 19.2. The van der Waals surface area contributed by atoms with Crippen molar-refractivity contribution in [2.45, 2.75) is 193 Å². The van der Waals surface area contributed by atoms with Gasteiger partial charge in [-0.05, 0) is 103 Å². The molecule has 26 heteroatoms. The van der Waals surface area contributed by atoms with Crippen LogP contribution in [0, 0.1) is 11.6 Å². The fraction of sp³-hybridized carbons (Fsp3) is 0.436. The minimum Gasteiger partial charge on any atom is -0.354 e. The summed E-state index contributed by atoms with van der Waals surface area (Å²) in [5, 5.41) is 21.7. The smallest absolute Gasteiger partial charge is 0.245 e. The van der Waals surface area contributed by atoms with E-state index in [1.54, 1.807) is 55.1 Å². The molecule has 550 valence electrons. The Labute approximate surface area is 613 Å². The van der Waals surface area contributed by atoms with Gasteiger partial charge in [-0.2, -0.15) is 10.2 Å². The molecule has 4 atom stereocenters. The lowest BCUT2D eigenvalue weighted by atomic mass is 10.0. The highest BCUT2D eigenvalue weighted by Gasteiger charge is 2.42. The standard InChI is InChI=1S/C40H46ClF2N7O3.C38H44ClF2N7O3/c1-4-6-7-8-9-10-11-12-13-16-44-40-46-22-30(23-47-40)28-14-15-34-32(19-28)38(26(3)51)48-50(34)25-36(52)49-24-31(42)20-35(49)39(53)45-21-29-17-27(5-2)18-33(41)37(29)43;1-24(49)36-30-17-26-12-13-32(30)48(46-36)23-34(50)47-22-29(40)18-33(47)37(51)43-19-27-15-25(16-31(39)35(27)41)11-9-7-5-3-2-4-6-8-10-14-42-38-44-20-28(26)21-45-38/h4-5,14-15,17-19,22-23,31,35H,1-2,6-13,16,20-21,24-25H2,3H3,(H,45,53)(H,44,46,47);12-13,15-17,20-21,29,33H,2-11,14,18-19,22-23H2,1H3,(H,43,51)(H,42,44,45)/t31-,35+;29-,33+/m11/s1. The van der Waals surface area contributed by atoms with Gasteiger partial charge in [-0.3, -0.25) is 38.1 Å². The lowest BCUT2D eigenvalue weighted by Crippen LogP contribution is -2.46. The lowest BCUT2D eigenvalue weighted by molar-refractivity contribution is -0.139. The summed E-state index contributed by atoms with van der Waals surface area (Å²) in [7, 11) is 0. The molecular weight excluding hydrogens is 1380 g/mol. The highest BCUT2D eigenvalue weighted by molar-refractivity contribution is 6.31. The van der Waals surface area contributed by atoms with Crippen molar-refractivity contribution in [2.24, 2.45) is 0 Å². The second kappa shape index (κ2) is 37.3. The Kier molecular flexibility index (Phi) is 27.7. The number of nitrogens with one attached hydrogen (secondary N) is 4. The summed E-state index contributed by atoms with van der Waals surface area (Å²) in [6, 6.07) is 14.9. The molecule has 13 rings (SSSR count). The van der Waals surface area contributed by atoms with E-state index < -0.39 is 59.7 Å². The van der Waals surface area contributed by atoms with E-state index in [-0.39, 0.29) is 96.2 Å². The summed E-state index contributed by atoms with van der Waals surface area (Å²) in [4.78, 5) is 99.3. The monoisotopic (exact) mass is 1460 g/mol. The Hall–Kier alpha value is -9.42. The molecule has 2 saturated heterocycles. The lowest BCUT2D eigenvalue weighted by Gasteiger charge is -2.24. The van der Waals surface area contributed by atoms with Gasteiger partial charge >= 0.3 is 0 Å². The van der Waals surface area contributed by atoms with E-state index in [1.807, 2.05) is 24.3 Å². The van der Waals surface area contributed by atoms with Gasteiger partial charge in [0.1, 0.15) is 60.5 Å². The van der Waals surface area contributed by atoms with Gasteiger partial charge in [0, 0.05) is 111 Å². The molecule has 104 heavy (non-hydrogen) atoms. The van der Waals surface area contributed by atoms with E-state index in [4.69, 9.17) is 23.2 Å². The first kappa shape index (κ1) is 77.2. The minimum absolute atomic E-state index is 0.0107. The highest BCUT2D eigenvalue weighted by Crippen LogP contribution is 2.32. The first-order valence-electron chi connectivity index (χ1n) is 36.0. The number of fused-ring (bicyclic) bond motifs is 2. The molecule has 0 unspecified atom stereocenters. The predicted molar refractivity (Wildman–Crippen MR) is 398 cm³/mol. The molecule has 0 spiro atoms. The highest BCUT2D eigenvalue weighted by atomic mass is 35.5. The first-order chi connectivity index (χ1) is 50.3. The summed E-state index contributed by atoms with van der Waals surface area (Å²) < 4.78 is 61.9. The number of likely N-dealkylation sites (tertiary alicyclic amines) is 1. The van der Waals surface area contributed by atoms with Crippen molar-refractivity contribution in [1.29, 1.82) is 0 Å². The molecule has 8 bridgehead atoms. The van der Waals surface area contributed by atoms with Crippen LogP contribution < -0.4 is 21.3 Å². The predicted octanol–water partition coefficient (Wildman–Crippen LogP) is 15.3. The van der Waals surface area contributed by atoms with Crippen molar-refractivity contribution < 1.29 is 46.3 Å². The second-order valence-corrected chi connectivity index (χ2v) is 27.8. The van der Waals surface area contributed by atoms with Gasteiger partial charge in [-0.1, -0.05) is 137 Å². The number of allylic oxidation sites excluding steroid dienone is 1. The maximum absolute atomic E-state index is 15.0. The van der Waals surface area contributed by atoms with Crippen LogP contribution in [0.1, 0.15) is 179 Å². The Morgan fingerprint density at radius 2 is 1.27 bits per heavy atom. The molecule has 4 aromatic heterocycles. The summed E-state index contributed by atoms with van der Waals surface area (Å²) in [6.07, 6.45) is 27.4. The van der Waals surface area contributed by atoms with Crippen LogP contribution >= 0.6 is 23.2 Å². The number of amides is 4. The fourth-order valence-electron chi connectivity index (χ4n) is 13.6. The molecule has 4 N–H and O–H groups in total. The number of nitrogens with zero attached hydrogens (tertiary/aromatic N) is 10. The van der Waals surface area contributed by atoms with Crippen molar-refractivity contribution in [3.8, 4) is 22.3 Å². The van der Waals surface area contributed by atoms with Gasteiger partial charge < -0.3 is 31.1 Å². The van der Waals surface area contributed by atoms with Gasteiger partial charge in [0.05, 0.1) is 34.2 Å². The average molecular weight is 1470 g/mol. The number of halogens is 6. The van der Waals surface area contributed by atoms with E-state index in [0.717, 1.165) is 98.7 Å². The van der Waals surface area contributed by atoms with Gasteiger partial charge in [-0.15, -0.1) is 6.58 Å². The summed E-state index contributed by atoms with van der Waals surface area (Å²) >= 11 is 12.2. The maximum Gasteiger partial charge on any atom is 0.245 e. The number of anilines is 2. The molecule has 5 aliphatic rings. The molecule has 4 amide bonds. The number of alkyl halides is 2. The molecule has 8 aromatic rings. The number of Topliss-reactive ketones (excluding diaryl/α,β-unsaturated/α-hetero) is 2. The van der Waals surface area contributed by atoms with Crippen molar-refractivity contribution in [1.82, 2.24) is 59.9 Å². The molecule has 0 radical (unpaired) electrons. The molecule has 2 fully saturated rings. The topological polar surface area (TPSA) is 244 Å². The van der Waals surface area contributed by atoms with Crippen LogP contribution in [-0.2, 0) is 51.8 Å². The van der Waals surface area contributed by atoms with Crippen LogP contribution in [0.5, 0.6) is 0 Å². The second-order valence-electron chi connectivity index (χ2n) is 27.0. The van der Waals surface area contributed by atoms with Crippen LogP contribution in [0.3, 0.4) is 0 Å². The van der Waals surface area contributed by atoms with Crippen molar-refractivity contribution in [3.05, 3.63) is 160 Å². The number of hydrogen-bond acceptors (Lipinski definition) is 14. The first-order valence-corrected chi connectivity index (χ1v) is 36.8. The molecule has 20 nitrogen and oxygen atoms in total. The number of ketones is 2. The van der Waals surface area contributed by atoms with Crippen molar-refractivity contribution >= 4 is 98.2 Å². The maximum atomic E-state index is 15.0. The van der Waals surface area contributed by atoms with E-state index in [0.29, 0.717) is 39.3 Å². The van der Waals surface area contributed by atoms with Crippen LogP contribution in [0.15, 0.2) is 105 Å². The zero-order valence-corrected chi connectivity index (χ0v) is 60.5. The van der Waals surface area contributed by atoms with Crippen LogP contribution in [-0.4, -0.2) is 135 Å². The molecule has 0 aliphatic carbocycles. The van der Waals surface area contributed by atoms with Crippen LogP contribution in [0.4, 0.5) is 29.5 Å². The van der Waals surface area contributed by atoms with Crippen molar-refractivity contribution in [2.75, 3.05) is 36.8 Å². The zero-order chi connectivity index (χ0) is 73.8. The SMILES string of the molecule is C=CCCCCCCCCCNc1ncc(-c2ccc3c(c2)c(C(C)=O)nn3CC(=O)N2C[C@H](F)C[C@H]2C(=O)NCc2cc(C=C)cc(Cl)c2F)cn1.CC(=O)c1nn2c3ccc(cc13)-c1cnc(nc1)NCCCCCCCCCCCc1cc(Cl)c(F)c(c1)CNC(=O)[C@@H]1C[C@@H](F)CN1C(=O)C2. The van der Waals surface area contributed by atoms with Gasteiger partial charge in [0.15, 0.2) is 11.6 Å². The fourth-order valence-corrected chi connectivity index (χ4v) is 14.1. The van der Waals surface area contributed by atoms with Crippen molar-refractivity contribution in [3.63, 3.8) is 0 Å². The van der Waals surface area contributed by atoms with E-state index in [2.05, 4.69) is 64.6 Å². The van der Waals surface area contributed by atoms with E-state index in [9.17, 15) is 41.9 Å². The number of benzene rings is 4. The van der Waals surface area contributed by atoms with Gasteiger partial charge in [0.25, 0.3) is 0 Å². The summed E-state index contributed by atoms with van der Waals surface area (Å²) in [5.41, 5.74) is 6.29. The summed E-state index contributed by atoms with van der Waals surface area (Å²) in [5.74, 6) is -3.06. The Balaban J connectivity index is 0.000000223. The largest absolute Gasteiger partial charge is 0.354 e. The third kappa shape index (κ3) is 20.3. The Morgan fingerprint density at radius 1 is 0.663 bits per heavy atom. The number of carbonyl (C=O) groups excluding carboxylic acids is 6.